The van der Waals surface area contributed by atoms with Crippen LogP contribution < -0.4 is 10.1 Å². The molecule has 6 nitrogen and oxygen atoms in total. The summed E-state index contributed by atoms with van der Waals surface area (Å²) >= 11 is 6.31. The Morgan fingerprint density at radius 3 is 2.28 bits per heavy atom. The normalized spacial score (nSPS) is 22.6. The van der Waals surface area contributed by atoms with E-state index in [4.69, 9.17) is 30.5 Å². The number of fused-ring (bicyclic) bond motifs is 2. The summed E-state index contributed by atoms with van der Waals surface area (Å²) in [5.74, 6) is 1.50. The molecule has 0 radical (unpaired) electrons. The fourth-order valence-electron chi connectivity index (χ4n) is 9.73. The minimum Gasteiger partial charge on any atom is -0.493 e. The first-order valence-electron chi connectivity index (χ1n) is 18.7. The quantitative estimate of drug-likeness (QED) is 0.132. The monoisotopic (exact) mass is 718 g/mol. The SMILES string of the molecule is COC(=O)C1(Nc2cccc(Cl)c2)CCC2(CC1)c1ccccc1C[C@@H]2C[C@@H](C)COc1ccnc(CO[Si](C(C)C)(C(C)C)C(C)C)c1C. The van der Waals surface area contributed by atoms with Gasteiger partial charge in [-0.15, -0.1) is 0 Å². The van der Waals surface area contributed by atoms with Crippen LogP contribution in [0.1, 0.15) is 103 Å². The van der Waals surface area contributed by atoms with Crippen molar-refractivity contribution >= 4 is 31.6 Å². The molecule has 2 atom stereocenters. The van der Waals surface area contributed by atoms with Gasteiger partial charge in [0.05, 0.1) is 26.0 Å². The zero-order valence-corrected chi connectivity index (χ0v) is 33.5. The molecule has 0 amide bonds. The van der Waals surface area contributed by atoms with Gasteiger partial charge in [0.15, 0.2) is 0 Å². The summed E-state index contributed by atoms with van der Waals surface area (Å²) in [5.41, 5.74) is 6.57. The van der Waals surface area contributed by atoms with E-state index in [1.54, 1.807) is 0 Å². The molecule has 1 spiro atoms. The lowest BCUT2D eigenvalue weighted by Crippen LogP contribution is -2.53. The fraction of sp³-hybridized carbons (Fsp3) is 0.571. The minimum absolute atomic E-state index is 0.00904. The maximum atomic E-state index is 13.4. The first-order chi connectivity index (χ1) is 23.8. The molecule has 3 aromatic rings. The number of anilines is 1. The van der Waals surface area contributed by atoms with Gasteiger partial charge in [-0.25, -0.2) is 4.79 Å². The van der Waals surface area contributed by atoms with Gasteiger partial charge in [0.25, 0.3) is 0 Å². The first-order valence-corrected chi connectivity index (χ1v) is 21.2. The molecule has 5 rings (SSSR count). The molecule has 0 unspecified atom stereocenters. The van der Waals surface area contributed by atoms with E-state index in [0.29, 0.717) is 59.5 Å². The summed E-state index contributed by atoms with van der Waals surface area (Å²) in [7, 11) is -0.522. The molecule has 2 aliphatic carbocycles. The number of carbonyl (C=O) groups excluding carboxylic acids is 1. The molecule has 272 valence electrons. The largest absolute Gasteiger partial charge is 0.493 e. The van der Waals surface area contributed by atoms with Gasteiger partial charge in [0.2, 0.25) is 8.32 Å². The van der Waals surface area contributed by atoms with Crippen LogP contribution in [0.2, 0.25) is 21.6 Å². The summed E-state index contributed by atoms with van der Waals surface area (Å²) < 4.78 is 18.9. The summed E-state index contributed by atoms with van der Waals surface area (Å²) in [5, 5.41) is 4.20. The number of nitrogens with zero attached hydrogens (tertiary/aromatic N) is 1. The molecule has 1 heterocycles. The summed E-state index contributed by atoms with van der Waals surface area (Å²) in [6, 6.07) is 18.6. The van der Waals surface area contributed by atoms with Gasteiger partial charge >= 0.3 is 5.97 Å². The van der Waals surface area contributed by atoms with Gasteiger partial charge in [0.1, 0.15) is 11.3 Å². The molecule has 2 aliphatic rings. The minimum atomic E-state index is -2.01. The molecule has 1 N–H and O–H groups in total. The Labute approximate surface area is 307 Å². The highest BCUT2D eigenvalue weighted by Crippen LogP contribution is 2.56. The smallest absolute Gasteiger partial charge is 0.331 e. The molecule has 0 bridgehead atoms. The second-order valence-corrected chi connectivity index (χ2v) is 22.0. The van der Waals surface area contributed by atoms with Crippen molar-refractivity contribution < 1.29 is 18.7 Å². The van der Waals surface area contributed by atoms with Crippen molar-refractivity contribution in [3.63, 3.8) is 0 Å². The number of pyridine rings is 1. The number of ether oxygens (including phenoxy) is 2. The summed E-state index contributed by atoms with van der Waals surface area (Å²) in [4.78, 5) is 18.1. The van der Waals surface area contributed by atoms with Gasteiger partial charge in [-0.05, 0) is 115 Å². The van der Waals surface area contributed by atoms with Gasteiger partial charge in [0, 0.05) is 22.5 Å². The van der Waals surface area contributed by atoms with Crippen molar-refractivity contribution in [2.75, 3.05) is 19.0 Å². The number of hydrogen-bond donors (Lipinski definition) is 1. The number of hydrogen-bond acceptors (Lipinski definition) is 6. The van der Waals surface area contributed by atoms with Gasteiger partial charge in [-0.1, -0.05) is 90.4 Å². The van der Waals surface area contributed by atoms with Crippen LogP contribution in [0.3, 0.4) is 0 Å². The summed E-state index contributed by atoms with van der Waals surface area (Å²) in [6.45, 7) is 19.5. The Morgan fingerprint density at radius 2 is 1.64 bits per heavy atom. The molecule has 1 fully saturated rings. The van der Waals surface area contributed by atoms with Gasteiger partial charge in [-0.3, -0.25) is 4.98 Å². The van der Waals surface area contributed by atoms with Crippen LogP contribution in [0.15, 0.2) is 60.8 Å². The predicted molar refractivity (Wildman–Crippen MR) is 208 cm³/mol. The van der Waals surface area contributed by atoms with E-state index in [0.717, 1.165) is 48.4 Å². The van der Waals surface area contributed by atoms with E-state index in [2.05, 4.69) is 85.0 Å². The number of methoxy groups -OCH3 is 1. The Bertz CT molecular complexity index is 1590. The van der Waals surface area contributed by atoms with Crippen LogP contribution >= 0.6 is 11.6 Å². The second kappa shape index (κ2) is 15.8. The second-order valence-electron chi connectivity index (χ2n) is 16.1. The Morgan fingerprint density at radius 1 is 0.960 bits per heavy atom. The molecule has 0 saturated heterocycles. The maximum Gasteiger partial charge on any atom is 0.331 e. The van der Waals surface area contributed by atoms with Gasteiger partial charge in [-0.2, -0.15) is 0 Å². The average Bonchev–Trinajstić information content (AvgIpc) is 3.37. The standard InChI is InChI=1S/C42H59ClN2O4Si/c1-28(2)50(29(3)4,30(5)6)49-27-38-32(8)39(17-22-44-38)48-26-31(7)23-34-24-33-13-10-11-16-37(33)41(34)18-20-42(21-19-41,40(46)47-9)45-36-15-12-14-35(43)25-36/h10-17,22,25,28-31,34,45H,18-21,23-24,26-27H2,1-9H3/t31-,34+,41?,42?/m1/s1. The highest BCUT2D eigenvalue weighted by Gasteiger charge is 2.54. The van der Waals surface area contributed by atoms with Crippen LogP contribution in [-0.4, -0.2) is 38.5 Å². The number of aromatic nitrogens is 1. The number of carbonyl (C=O) groups is 1. The number of halogens is 1. The molecular weight excluding hydrogens is 660 g/mol. The highest BCUT2D eigenvalue weighted by atomic mass is 35.5. The van der Waals surface area contributed by atoms with E-state index in [-0.39, 0.29) is 11.4 Å². The van der Waals surface area contributed by atoms with E-state index in [1.165, 1.54) is 18.2 Å². The van der Waals surface area contributed by atoms with Crippen molar-refractivity contribution in [1.82, 2.24) is 4.98 Å². The number of esters is 1. The molecule has 1 saturated carbocycles. The molecule has 1 aromatic heterocycles. The van der Waals surface area contributed by atoms with Gasteiger partial charge < -0.3 is 19.2 Å². The zero-order valence-electron chi connectivity index (χ0n) is 31.8. The third-order valence-electron chi connectivity index (χ3n) is 12.2. The number of benzene rings is 2. The maximum absolute atomic E-state index is 13.4. The van der Waals surface area contributed by atoms with E-state index in [9.17, 15) is 4.79 Å². The fourth-order valence-corrected chi connectivity index (χ4v) is 15.3. The van der Waals surface area contributed by atoms with Crippen LogP contribution in [0, 0.1) is 18.8 Å². The van der Waals surface area contributed by atoms with Crippen molar-refractivity contribution in [1.29, 1.82) is 0 Å². The van der Waals surface area contributed by atoms with E-state index < -0.39 is 13.9 Å². The van der Waals surface area contributed by atoms with Crippen molar-refractivity contribution in [2.45, 2.75) is 128 Å². The van der Waals surface area contributed by atoms with Crippen LogP contribution in [0.5, 0.6) is 5.75 Å². The lowest BCUT2D eigenvalue weighted by atomic mass is 9.59. The third kappa shape index (κ3) is 7.52. The van der Waals surface area contributed by atoms with Crippen molar-refractivity contribution in [3.05, 3.63) is 88.2 Å². The molecule has 8 heteroatoms. The number of rotatable bonds is 14. The Balaban J connectivity index is 1.29. The zero-order chi connectivity index (χ0) is 36.3. The molecular formula is C42H59ClN2O4Si. The third-order valence-corrected chi connectivity index (χ3v) is 18.5. The average molecular weight is 719 g/mol. The Hall–Kier alpha value is -2.87. The lowest BCUT2D eigenvalue weighted by Gasteiger charge is -2.47. The lowest BCUT2D eigenvalue weighted by molar-refractivity contribution is -0.148. The molecule has 2 aromatic carbocycles. The van der Waals surface area contributed by atoms with E-state index >= 15 is 0 Å². The van der Waals surface area contributed by atoms with Crippen LogP contribution in [0.4, 0.5) is 5.69 Å². The predicted octanol–water partition coefficient (Wildman–Crippen LogP) is 10.8. The summed E-state index contributed by atoms with van der Waals surface area (Å²) in [6.07, 6.45) is 7.17. The molecule has 50 heavy (non-hydrogen) atoms. The molecule has 0 aliphatic heterocycles. The topological polar surface area (TPSA) is 69.7 Å². The van der Waals surface area contributed by atoms with Crippen molar-refractivity contribution in [3.8, 4) is 5.75 Å². The number of nitrogens with one attached hydrogen (secondary N) is 1. The van der Waals surface area contributed by atoms with E-state index in [1.807, 2.05) is 36.5 Å². The van der Waals surface area contributed by atoms with Crippen LogP contribution in [-0.2, 0) is 32.4 Å². The first kappa shape index (κ1) is 38.4. The highest BCUT2D eigenvalue weighted by molar-refractivity contribution is 6.77. The van der Waals surface area contributed by atoms with Crippen LogP contribution in [0.25, 0.3) is 0 Å². The Kier molecular flexibility index (Phi) is 12.1. The van der Waals surface area contributed by atoms with Crippen molar-refractivity contribution in [2.24, 2.45) is 11.8 Å².